The smallest absolute Gasteiger partial charge is 0.310 e. The summed E-state index contributed by atoms with van der Waals surface area (Å²) in [5.41, 5.74) is 1.65. The van der Waals surface area contributed by atoms with Crippen LogP contribution in [0.5, 0.6) is 28.7 Å². The molecule has 4 rings (SSSR count). The van der Waals surface area contributed by atoms with E-state index in [2.05, 4.69) is 0 Å². The van der Waals surface area contributed by atoms with Crippen molar-refractivity contribution < 1.29 is 39.1 Å². The first kappa shape index (κ1) is 19.2. The molecular weight excluding hydrogens is 380 g/mol. The molecule has 1 aliphatic carbocycles. The summed E-state index contributed by atoms with van der Waals surface area (Å²) in [7, 11) is 4.49. The lowest BCUT2D eigenvalue weighted by Gasteiger charge is -2.37. The van der Waals surface area contributed by atoms with Gasteiger partial charge in [-0.25, -0.2) is 0 Å². The van der Waals surface area contributed by atoms with Crippen LogP contribution in [0.1, 0.15) is 28.7 Å². The predicted octanol–water partition coefficient (Wildman–Crippen LogP) is 2.09. The summed E-state index contributed by atoms with van der Waals surface area (Å²) in [6.07, 6.45) is -1.01. The maximum absolute atomic E-state index is 12.6. The van der Waals surface area contributed by atoms with E-state index in [0.717, 1.165) is 0 Å². The number of phenolic OH excluding ortho intramolecular Hbond substituents is 2. The fraction of sp³-hybridized carbons (Fsp3) is 0.381. The van der Waals surface area contributed by atoms with Gasteiger partial charge in [0.1, 0.15) is 0 Å². The van der Waals surface area contributed by atoms with Gasteiger partial charge >= 0.3 is 5.97 Å². The number of rotatable bonds is 4. The lowest BCUT2D eigenvalue weighted by molar-refractivity contribution is -0.141. The topological polar surface area (TPSA) is 115 Å². The van der Waals surface area contributed by atoms with Crippen LogP contribution in [0.25, 0.3) is 0 Å². The molecule has 0 amide bonds. The Balaban J connectivity index is 1.97. The van der Waals surface area contributed by atoms with Gasteiger partial charge in [0.05, 0.1) is 40.0 Å². The molecule has 8 nitrogen and oxygen atoms in total. The molecule has 0 aromatic heterocycles. The van der Waals surface area contributed by atoms with Crippen molar-refractivity contribution in [3.8, 4) is 28.7 Å². The van der Waals surface area contributed by atoms with Crippen molar-refractivity contribution in [3.05, 3.63) is 41.0 Å². The van der Waals surface area contributed by atoms with Crippen LogP contribution in [0, 0.1) is 11.8 Å². The van der Waals surface area contributed by atoms with E-state index in [1.54, 1.807) is 12.1 Å². The number of benzene rings is 2. The van der Waals surface area contributed by atoms with Crippen molar-refractivity contribution in [1.82, 2.24) is 0 Å². The molecule has 0 radical (unpaired) electrons. The number of hydrogen-bond donors (Lipinski definition) is 3. The van der Waals surface area contributed by atoms with Crippen LogP contribution >= 0.6 is 0 Å². The van der Waals surface area contributed by atoms with Gasteiger partial charge in [0.25, 0.3) is 0 Å². The summed E-state index contributed by atoms with van der Waals surface area (Å²) < 4.78 is 21.5. The summed E-state index contributed by atoms with van der Waals surface area (Å²) in [6, 6.07) is 6.18. The number of cyclic esters (lactones) is 1. The molecule has 1 aliphatic heterocycles. The van der Waals surface area contributed by atoms with E-state index in [-0.39, 0.29) is 18.1 Å². The molecule has 2 aliphatic rings. The third-order valence-electron chi connectivity index (χ3n) is 5.80. The Morgan fingerprint density at radius 1 is 0.931 bits per heavy atom. The zero-order valence-electron chi connectivity index (χ0n) is 16.2. The second-order valence-electron chi connectivity index (χ2n) is 7.17. The Hall–Kier alpha value is -3.13. The highest BCUT2D eigenvalue weighted by Crippen LogP contribution is 2.54. The molecule has 1 unspecified atom stereocenters. The number of esters is 1. The molecule has 1 heterocycles. The number of aromatic hydroxyl groups is 2. The van der Waals surface area contributed by atoms with Crippen molar-refractivity contribution in [2.45, 2.75) is 12.0 Å². The zero-order chi connectivity index (χ0) is 20.9. The number of hydrogen-bond acceptors (Lipinski definition) is 8. The third-order valence-corrected chi connectivity index (χ3v) is 5.80. The molecule has 1 saturated heterocycles. The molecule has 29 heavy (non-hydrogen) atoms. The van der Waals surface area contributed by atoms with Crippen LogP contribution in [0.3, 0.4) is 0 Å². The first-order chi connectivity index (χ1) is 13.9. The van der Waals surface area contributed by atoms with Crippen LogP contribution < -0.4 is 14.2 Å². The SMILES string of the molecule is COc1cc([C@@H]2c3cc(O)c(O)cc3C(O)[C@H]3COC(=O)[C@H]23)cc(OC)c1OC. The monoisotopic (exact) mass is 402 g/mol. The molecule has 1 fully saturated rings. The van der Waals surface area contributed by atoms with Crippen molar-refractivity contribution in [2.75, 3.05) is 27.9 Å². The highest BCUT2D eigenvalue weighted by Gasteiger charge is 2.52. The number of methoxy groups -OCH3 is 3. The van der Waals surface area contributed by atoms with E-state index in [9.17, 15) is 20.1 Å². The van der Waals surface area contributed by atoms with Gasteiger partial charge in [0.15, 0.2) is 23.0 Å². The second-order valence-corrected chi connectivity index (χ2v) is 7.17. The van der Waals surface area contributed by atoms with E-state index in [1.165, 1.54) is 33.5 Å². The van der Waals surface area contributed by atoms with E-state index in [0.29, 0.717) is 33.9 Å². The molecule has 0 spiro atoms. The highest BCUT2D eigenvalue weighted by molar-refractivity contribution is 5.79. The number of ether oxygens (including phenoxy) is 4. The zero-order valence-corrected chi connectivity index (χ0v) is 16.2. The molecule has 3 N–H and O–H groups in total. The van der Waals surface area contributed by atoms with Gasteiger partial charge in [-0.1, -0.05) is 0 Å². The number of phenols is 2. The fourth-order valence-electron chi connectivity index (χ4n) is 4.45. The first-order valence-corrected chi connectivity index (χ1v) is 9.11. The molecule has 2 aromatic carbocycles. The van der Waals surface area contributed by atoms with Crippen LogP contribution in [-0.4, -0.2) is 49.2 Å². The minimum absolute atomic E-state index is 0.0761. The van der Waals surface area contributed by atoms with Gasteiger partial charge in [-0.3, -0.25) is 4.79 Å². The molecule has 154 valence electrons. The van der Waals surface area contributed by atoms with Gasteiger partial charge in [-0.15, -0.1) is 0 Å². The minimum Gasteiger partial charge on any atom is -0.504 e. The van der Waals surface area contributed by atoms with Crippen molar-refractivity contribution in [1.29, 1.82) is 0 Å². The van der Waals surface area contributed by atoms with Crippen LogP contribution in [-0.2, 0) is 9.53 Å². The van der Waals surface area contributed by atoms with Gasteiger partial charge in [0.2, 0.25) is 5.75 Å². The molecule has 8 heteroatoms. The Bertz CT molecular complexity index is 944. The molecule has 2 aromatic rings. The van der Waals surface area contributed by atoms with E-state index in [1.807, 2.05) is 0 Å². The van der Waals surface area contributed by atoms with Crippen molar-refractivity contribution in [2.24, 2.45) is 11.8 Å². The summed E-state index contributed by atoms with van der Waals surface area (Å²) in [5, 5.41) is 30.9. The molecule has 0 saturated carbocycles. The summed E-state index contributed by atoms with van der Waals surface area (Å²) in [6.45, 7) is 0.0761. The number of fused-ring (bicyclic) bond motifs is 2. The number of carbonyl (C=O) groups excluding carboxylic acids is 1. The van der Waals surface area contributed by atoms with Crippen LogP contribution in [0.2, 0.25) is 0 Å². The summed E-state index contributed by atoms with van der Waals surface area (Å²) in [4.78, 5) is 12.6. The van der Waals surface area contributed by atoms with E-state index < -0.39 is 29.8 Å². The fourth-order valence-corrected chi connectivity index (χ4v) is 4.45. The van der Waals surface area contributed by atoms with E-state index in [4.69, 9.17) is 18.9 Å². The van der Waals surface area contributed by atoms with Crippen molar-refractivity contribution in [3.63, 3.8) is 0 Å². The van der Waals surface area contributed by atoms with Gasteiger partial charge in [0, 0.05) is 11.8 Å². The molecule has 0 bridgehead atoms. The predicted molar refractivity (Wildman–Crippen MR) is 101 cm³/mol. The van der Waals surface area contributed by atoms with Gasteiger partial charge < -0.3 is 34.3 Å². The number of aliphatic hydroxyl groups is 1. The Morgan fingerprint density at radius 2 is 1.52 bits per heavy atom. The van der Waals surface area contributed by atoms with Gasteiger partial charge in [-0.2, -0.15) is 0 Å². The summed E-state index contributed by atoms with van der Waals surface area (Å²) >= 11 is 0. The minimum atomic E-state index is -1.01. The lowest BCUT2D eigenvalue weighted by Crippen LogP contribution is -2.34. The van der Waals surface area contributed by atoms with Crippen LogP contribution in [0.4, 0.5) is 0 Å². The normalized spacial score (nSPS) is 25.0. The standard InChI is InChI=1S/C21H22O8/c1-26-15-4-9(5-16(27-2)20(15)28-3)17-10-6-13(22)14(23)7-11(10)19(24)12-8-29-21(25)18(12)17/h4-7,12,17-19,22-24H,8H2,1-3H3/t12-,17+,18-,19?/m0/s1. The van der Waals surface area contributed by atoms with E-state index >= 15 is 0 Å². The first-order valence-electron chi connectivity index (χ1n) is 9.11. The average molecular weight is 402 g/mol. The maximum Gasteiger partial charge on any atom is 0.310 e. The van der Waals surface area contributed by atoms with Gasteiger partial charge in [-0.05, 0) is 41.0 Å². The largest absolute Gasteiger partial charge is 0.504 e. The molecular formula is C21H22O8. The quantitative estimate of drug-likeness (QED) is 0.526. The Kier molecular flexibility index (Phi) is 4.66. The Morgan fingerprint density at radius 3 is 2.07 bits per heavy atom. The third kappa shape index (κ3) is 2.82. The Labute approximate surface area is 167 Å². The summed E-state index contributed by atoms with van der Waals surface area (Å²) in [5.74, 6) is -1.55. The molecule has 4 atom stereocenters. The van der Waals surface area contributed by atoms with Crippen LogP contribution in [0.15, 0.2) is 24.3 Å². The lowest BCUT2D eigenvalue weighted by atomic mass is 9.66. The highest BCUT2D eigenvalue weighted by atomic mass is 16.5. The second kappa shape index (κ2) is 7.04. The number of carbonyl (C=O) groups is 1. The van der Waals surface area contributed by atoms with Crippen molar-refractivity contribution >= 4 is 5.97 Å². The number of aliphatic hydroxyl groups excluding tert-OH is 1. The average Bonchev–Trinajstić information content (AvgIpc) is 3.10. The maximum atomic E-state index is 12.6.